The molecule has 0 spiro atoms. The first-order chi connectivity index (χ1) is 11.8. The molecular weight excluding hydrogens is 344 g/mol. The normalized spacial score (nSPS) is 13.4. The van der Waals surface area contributed by atoms with E-state index in [1.165, 1.54) is 0 Å². The van der Waals surface area contributed by atoms with Crippen molar-refractivity contribution in [3.8, 4) is 0 Å². The van der Waals surface area contributed by atoms with Gasteiger partial charge in [0.1, 0.15) is 5.52 Å². The van der Waals surface area contributed by atoms with Gasteiger partial charge in [0.25, 0.3) is 0 Å². The molecule has 0 aliphatic carbocycles. The Morgan fingerprint density at radius 3 is 2.80 bits per heavy atom. The molecule has 0 radical (unpaired) electrons. The summed E-state index contributed by atoms with van der Waals surface area (Å²) in [6, 6.07) is 0. The van der Waals surface area contributed by atoms with E-state index < -0.39 is 10.0 Å². The van der Waals surface area contributed by atoms with Crippen molar-refractivity contribution >= 4 is 26.9 Å². The van der Waals surface area contributed by atoms with Crippen LogP contribution in [0, 0.1) is 0 Å². The fraction of sp³-hybridized carbons (Fsp3) is 0.600. The summed E-state index contributed by atoms with van der Waals surface area (Å²) >= 11 is 0. The third kappa shape index (κ3) is 5.36. The van der Waals surface area contributed by atoms with Crippen LogP contribution in [0.1, 0.15) is 18.4 Å². The fourth-order valence-corrected chi connectivity index (χ4v) is 3.10. The van der Waals surface area contributed by atoms with Crippen LogP contribution in [0.25, 0.3) is 11.0 Å². The minimum absolute atomic E-state index is 0.255. The molecule has 0 aliphatic heterocycles. The number of nitrogens with zero attached hydrogens (tertiary/aromatic N) is 3. The molecule has 1 unspecified atom stereocenters. The summed E-state index contributed by atoms with van der Waals surface area (Å²) in [7, 11) is -1.27. The summed E-state index contributed by atoms with van der Waals surface area (Å²) in [5.41, 5.74) is 8.69. The first-order valence-electron chi connectivity index (χ1n) is 8.09. The van der Waals surface area contributed by atoms with E-state index in [-0.39, 0.29) is 12.5 Å². The van der Waals surface area contributed by atoms with Gasteiger partial charge in [-0.05, 0) is 13.0 Å². The minimum Gasteiger partial charge on any atom is -0.382 e. The molecule has 4 N–H and O–H groups in total. The number of hydrogen-bond donors (Lipinski definition) is 3. The molecule has 0 amide bonds. The number of nitrogens with two attached hydrogens (primary N) is 1. The van der Waals surface area contributed by atoms with Crippen LogP contribution in [0.4, 0.5) is 5.82 Å². The minimum atomic E-state index is -3.18. The molecule has 2 aromatic heterocycles. The van der Waals surface area contributed by atoms with E-state index in [2.05, 4.69) is 26.9 Å². The molecule has 0 saturated carbocycles. The molecule has 0 fully saturated rings. The third-order valence-electron chi connectivity index (χ3n) is 3.82. The number of imidazole rings is 1. The van der Waals surface area contributed by atoms with Gasteiger partial charge in [-0.1, -0.05) is 6.92 Å². The average molecular weight is 370 g/mol. The van der Waals surface area contributed by atoms with Crippen molar-refractivity contribution in [1.29, 1.82) is 0 Å². The van der Waals surface area contributed by atoms with Gasteiger partial charge in [-0.3, -0.25) is 0 Å². The van der Waals surface area contributed by atoms with Gasteiger partial charge in [-0.25, -0.2) is 23.1 Å². The zero-order valence-corrected chi connectivity index (χ0v) is 15.6. The van der Waals surface area contributed by atoms with Crippen LogP contribution < -0.4 is 15.8 Å². The van der Waals surface area contributed by atoms with E-state index in [0.717, 1.165) is 23.9 Å². The summed E-state index contributed by atoms with van der Waals surface area (Å²) in [6.45, 7) is 4.54. The van der Waals surface area contributed by atoms with Gasteiger partial charge in [0, 0.05) is 31.4 Å². The van der Waals surface area contributed by atoms with E-state index in [1.807, 2.05) is 11.6 Å². The molecule has 9 nitrogen and oxygen atoms in total. The highest BCUT2D eigenvalue weighted by atomic mass is 32.2. The fourth-order valence-electron chi connectivity index (χ4n) is 2.64. The topological polar surface area (TPSA) is 124 Å². The van der Waals surface area contributed by atoms with Gasteiger partial charge >= 0.3 is 0 Å². The van der Waals surface area contributed by atoms with Gasteiger partial charge in [0.15, 0.2) is 5.82 Å². The SMILES string of the molecule is CNCC(C)c1cnc(N)c2ncn(CCOCCNS(C)(=O)=O)c12. The molecule has 2 aromatic rings. The molecule has 10 heteroatoms. The lowest BCUT2D eigenvalue weighted by Crippen LogP contribution is -2.26. The monoisotopic (exact) mass is 370 g/mol. The zero-order chi connectivity index (χ0) is 18.4. The van der Waals surface area contributed by atoms with Crippen LogP contribution >= 0.6 is 0 Å². The number of rotatable bonds is 10. The molecule has 0 saturated heterocycles. The molecule has 140 valence electrons. The average Bonchev–Trinajstić information content (AvgIpc) is 2.95. The first-order valence-corrected chi connectivity index (χ1v) is 9.98. The van der Waals surface area contributed by atoms with Crippen molar-refractivity contribution in [1.82, 2.24) is 24.6 Å². The maximum atomic E-state index is 11.0. The number of ether oxygens (including phenoxy) is 1. The maximum Gasteiger partial charge on any atom is 0.208 e. The molecule has 1 atom stereocenters. The lowest BCUT2D eigenvalue weighted by molar-refractivity contribution is 0.132. The number of aromatic nitrogens is 3. The second-order valence-corrected chi connectivity index (χ2v) is 7.80. The number of nitrogen functional groups attached to an aromatic ring is 1. The molecule has 25 heavy (non-hydrogen) atoms. The van der Waals surface area contributed by atoms with Crippen LogP contribution in [0.15, 0.2) is 12.5 Å². The number of likely N-dealkylation sites (N-methyl/N-ethyl adjacent to an activating group) is 1. The van der Waals surface area contributed by atoms with Crippen molar-refractivity contribution in [3.63, 3.8) is 0 Å². The van der Waals surface area contributed by atoms with Crippen LogP contribution in [0.3, 0.4) is 0 Å². The summed E-state index contributed by atoms with van der Waals surface area (Å²) in [5, 5.41) is 3.17. The lowest BCUT2D eigenvalue weighted by atomic mass is 10.0. The predicted octanol–water partition coefficient (Wildman–Crippen LogP) is -0.0978. The van der Waals surface area contributed by atoms with Gasteiger partial charge < -0.3 is 20.4 Å². The van der Waals surface area contributed by atoms with Crippen molar-refractivity contribution in [2.24, 2.45) is 0 Å². The third-order valence-corrected chi connectivity index (χ3v) is 4.55. The Kier molecular flexibility index (Phi) is 6.71. The predicted molar refractivity (Wildman–Crippen MR) is 97.9 cm³/mol. The van der Waals surface area contributed by atoms with Crippen molar-refractivity contribution in [2.75, 3.05) is 45.3 Å². The highest BCUT2D eigenvalue weighted by Gasteiger charge is 2.16. The quantitative estimate of drug-likeness (QED) is 0.499. The van der Waals surface area contributed by atoms with Gasteiger partial charge in [0.05, 0.1) is 31.3 Å². The number of hydrogen-bond acceptors (Lipinski definition) is 7. The van der Waals surface area contributed by atoms with Crippen LogP contribution in [-0.2, 0) is 21.3 Å². The second kappa shape index (κ2) is 8.56. The van der Waals surface area contributed by atoms with Gasteiger partial charge in [0.2, 0.25) is 10.0 Å². The molecule has 2 rings (SSSR count). The Morgan fingerprint density at radius 1 is 1.36 bits per heavy atom. The van der Waals surface area contributed by atoms with Crippen LogP contribution in [0.2, 0.25) is 0 Å². The van der Waals surface area contributed by atoms with E-state index >= 15 is 0 Å². The number of anilines is 1. The highest BCUT2D eigenvalue weighted by Crippen LogP contribution is 2.27. The standard InChI is InChI=1S/C15H26N6O3S/c1-11(8-17-2)12-9-18-15(16)13-14(12)21(10-19-13)5-7-24-6-4-20-25(3,22)23/h9-11,17,20H,4-8H2,1-3H3,(H2,16,18). The number of fused-ring (bicyclic) bond motifs is 1. The first kappa shape index (κ1) is 19.6. The van der Waals surface area contributed by atoms with Crippen molar-refractivity contribution in [3.05, 3.63) is 18.1 Å². The van der Waals surface area contributed by atoms with Crippen molar-refractivity contribution < 1.29 is 13.2 Å². The van der Waals surface area contributed by atoms with Crippen LogP contribution in [-0.4, -0.2) is 62.6 Å². The van der Waals surface area contributed by atoms with Crippen molar-refractivity contribution in [2.45, 2.75) is 19.4 Å². The zero-order valence-electron chi connectivity index (χ0n) is 14.8. The molecule has 0 aromatic carbocycles. The summed E-state index contributed by atoms with van der Waals surface area (Å²) in [5.74, 6) is 0.670. The molecular formula is C15H26N6O3S. The highest BCUT2D eigenvalue weighted by molar-refractivity contribution is 7.88. The Balaban J connectivity index is 2.04. The lowest BCUT2D eigenvalue weighted by Gasteiger charge is -2.15. The number of nitrogens with one attached hydrogen (secondary N) is 2. The Hall–Kier alpha value is -1.75. The molecule has 0 aliphatic rings. The second-order valence-electron chi connectivity index (χ2n) is 5.97. The summed E-state index contributed by atoms with van der Waals surface area (Å²) < 4.78 is 31.8. The number of sulfonamides is 1. The van der Waals surface area contributed by atoms with Gasteiger partial charge in [-0.2, -0.15) is 0 Å². The Bertz CT molecular complexity index is 805. The summed E-state index contributed by atoms with van der Waals surface area (Å²) in [4.78, 5) is 8.62. The Labute approximate surface area is 148 Å². The summed E-state index contributed by atoms with van der Waals surface area (Å²) in [6.07, 6.45) is 4.65. The molecule has 0 bridgehead atoms. The smallest absolute Gasteiger partial charge is 0.208 e. The van der Waals surface area contributed by atoms with E-state index in [1.54, 1.807) is 12.5 Å². The molecule has 2 heterocycles. The largest absolute Gasteiger partial charge is 0.382 e. The maximum absolute atomic E-state index is 11.0. The van der Waals surface area contributed by atoms with Gasteiger partial charge in [-0.15, -0.1) is 0 Å². The Morgan fingerprint density at radius 2 is 2.12 bits per heavy atom. The number of pyridine rings is 1. The van der Waals surface area contributed by atoms with E-state index in [4.69, 9.17) is 10.5 Å². The van der Waals surface area contributed by atoms with E-state index in [9.17, 15) is 8.42 Å². The van der Waals surface area contributed by atoms with E-state index in [0.29, 0.717) is 31.1 Å². The van der Waals surface area contributed by atoms with Crippen LogP contribution in [0.5, 0.6) is 0 Å².